The Balaban J connectivity index is 2.16. The Morgan fingerprint density at radius 2 is 1.69 bits per heavy atom. The van der Waals surface area contributed by atoms with Crippen LogP contribution in [0.25, 0.3) is 22.2 Å². The number of unbranched alkanes of at least 4 members (excludes halogenated alkanes) is 1. The molecule has 0 atom stereocenters. The molecule has 0 aliphatic rings. The summed E-state index contributed by atoms with van der Waals surface area (Å²) in [6.45, 7) is 2.92. The number of nitrogens with one attached hydrogen (secondary N) is 1. The summed E-state index contributed by atoms with van der Waals surface area (Å²) >= 11 is 0. The molecule has 0 bridgehead atoms. The fourth-order valence-electron chi connectivity index (χ4n) is 3.42. The summed E-state index contributed by atoms with van der Waals surface area (Å²) in [6, 6.07) is 12.7. The van der Waals surface area contributed by atoms with Gasteiger partial charge in [-0.2, -0.15) is 0 Å². The molecule has 0 aliphatic carbocycles. The van der Waals surface area contributed by atoms with Crippen molar-refractivity contribution < 1.29 is 9.47 Å². The lowest BCUT2D eigenvalue weighted by atomic mass is 9.98. The fourth-order valence-corrected chi connectivity index (χ4v) is 3.42. The summed E-state index contributed by atoms with van der Waals surface area (Å²) in [5, 5.41) is 1.30. The zero-order chi connectivity index (χ0) is 18.5. The number of aromatic nitrogens is 1. The Bertz CT molecular complexity index is 861. The Hall–Kier alpha value is -2.46. The molecule has 138 valence electrons. The Morgan fingerprint density at radius 3 is 2.31 bits per heavy atom. The van der Waals surface area contributed by atoms with Crippen LogP contribution in [0.2, 0.25) is 0 Å². The molecule has 1 aromatic heterocycles. The summed E-state index contributed by atoms with van der Waals surface area (Å²) in [7, 11) is 3.36. The van der Waals surface area contributed by atoms with Gasteiger partial charge in [0.1, 0.15) is 11.5 Å². The molecule has 0 fully saturated rings. The molecule has 4 nitrogen and oxygen atoms in total. The molecular weight excluding hydrogens is 324 g/mol. The van der Waals surface area contributed by atoms with E-state index in [4.69, 9.17) is 15.2 Å². The first-order valence-corrected chi connectivity index (χ1v) is 9.27. The van der Waals surface area contributed by atoms with Crippen LogP contribution in [0.5, 0.6) is 11.5 Å². The van der Waals surface area contributed by atoms with Crippen molar-refractivity contribution in [2.24, 2.45) is 5.73 Å². The van der Waals surface area contributed by atoms with Gasteiger partial charge in [-0.3, -0.25) is 0 Å². The summed E-state index contributed by atoms with van der Waals surface area (Å²) in [4.78, 5) is 3.62. The average molecular weight is 352 g/mol. The molecule has 1 heterocycles. The third-order valence-corrected chi connectivity index (χ3v) is 4.90. The van der Waals surface area contributed by atoms with Gasteiger partial charge in [-0.05, 0) is 67.6 Å². The number of hydrogen-bond acceptors (Lipinski definition) is 3. The smallest absolute Gasteiger partial charge is 0.123 e. The van der Waals surface area contributed by atoms with E-state index in [1.807, 2.05) is 6.07 Å². The minimum atomic E-state index is 0.727. The zero-order valence-corrected chi connectivity index (χ0v) is 15.9. The highest BCUT2D eigenvalue weighted by atomic mass is 16.5. The molecule has 3 N–H and O–H groups in total. The molecule has 3 aromatic rings. The molecular formula is C22H28N2O2. The van der Waals surface area contributed by atoms with Crippen LogP contribution < -0.4 is 15.2 Å². The number of benzene rings is 2. The SMILES string of the molecule is CCc1ccc2[nH]c(-c3cc(OC)cc(OC)c3)c(CCCCN)c2c1. The number of methoxy groups -OCH3 is 2. The monoisotopic (exact) mass is 352 g/mol. The lowest BCUT2D eigenvalue weighted by Gasteiger charge is -2.10. The van der Waals surface area contributed by atoms with Crippen molar-refractivity contribution in [3.63, 3.8) is 0 Å². The quantitative estimate of drug-likeness (QED) is 0.578. The van der Waals surface area contributed by atoms with Crippen molar-refractivity contribution in [2.75, 3.05) is 20.8 Å². The van der Waals surface area contributed by atoms with E-state index in [1.54, 1.807) is 14.2 Å². The lowest BCUT2D eigenvalue weighted by molar-refractivity contribution is 0.394. The minimum absolute atomic E-state index is 0.727. The van der Waals surface area contributed by atoms with Crippen LogP contribution in [-0.2, 0) is 12.8 Å². The highest BCUT2D eigenvalue weighted by Crippen LogP contribution is 2.36. The molecule has 2 aromatic carbocycles. The molecule has 4 heteroatoms. The minimum Gasteiger partial charge on any atom is -0.497 e. The van der Waals surface area contributed by atoms with Crippen LogP contribution >= 0.6 is 0 Å². The van der Waals surface area contributed by atoms with Crippen molar-refractivity contribution in [1.29, 1.82) is 0 Å². The molecule has 26 heavy (non-hydrogen) atoms. The standard InChI is InChI=1S/C22H28N2O2/c1-4-15-8-9-21-20(11-15)19(7-5-6-10-23)22(24-21)16-12-17(25-2)14-18(13-16)26-3/h8-9,11-14,24H,4-7,10,23H2,1-3H3. The number of ether oxygens (including phenoxy) is 2. The van der Waals surface area contributed by atoms with Crippen molar-refractivity contribution in [2.45, 2.75) is 32.6 Å². The van der Waals surface area contributed by atoms with Gasteiger partial charge in [-0.15, -0.1) is 0 Å². The highest BCUT2D eigenvalue weighted by molar-refractivity contribution is 5.91. The van der Waals surface area contributed by atoms with Gasteiger partial charge in [0, 0.05) is 28.2 Å². The maximum Gasteiger partial charge on any atom is 0.123 e. The third-order valence-electron chi connectivity index (χ3n) is 4.90. The summed E-state index contributed by atoms with van der Waals surface area (Å²) in [5.41, 5.74) is 11.8. The van der Waals surface area contributed by atoms with Crippen molar-refractivity contribution in [3.05, 3.63) is 47.5 Å². The van der Waals surface area contributed by atoms with Gasteiger partial charge in [-0.25, -0.2) is 0 Å². The van der Waals surface area contributed by atoms with E-state index in [0.717, 1.165) is 55.0 Å². The lowest BCUT2D eigenvalue weighted by Crippen LogP contribution is -1.99. The second-order valence-corrected chi connectivity index (χ2v) is 6.56. The van der Waals surface area contributed by atoms with Crippen LogP contribution in [0.1, 0.15) is 30.9 Å². The molecule has 0 saturated carbocycles. The molecule has 0 saturated heterocycles. The van der Waals surface area contributed by atoms with Crippen LogP contribution in [0.4, 0.5) is 0 Å². The molecule has 0 radical (unpaired) electrons. The fraction of sp³-hybridized carbons (Fsp3) is 0.364. The van der Waals surface area contributed by atoms with Crippen LogP contribution in [0.15, 0.2) is 36.4 Å². The number of rotatable bonds is 8. The summed E-state index contributed by atoms with van der Waals surface area (Å²) in [6.07, 6.45) is 4.14. The second-order valence-electron chi connectivity index (χ2n) is 6.56. The second kappa shape index (κ2) is 8.28. The first kappa shape index (κ1) is 18.3. The molecule has 3 rings (SSSR count). The Kier molecular flexibility index (Phi) is 5.84. The molecule has 0 unspecified atom stereocenters. The van der Waals surface area contributed by atoms with Crippen LogP contribution in [0.3, 0.4) is 0 Å². The van der Waals surface area contributed by atoms with E-state index in [-0.39, 0.29) is 0 Å². The Labute approximate surface area is 155 Å². The van der Waals surface area contributed by atoms with Gasteiger partial charge in [0.2, 0.25) is 0 Å². The highest BCUT2D eigenvalue weighted by Gasteiger charge is 2.15. The van der Waals surface area contributed by atoms with Gasteiger partial charge >= 0.3 is 0 Å². The zero-order valence-electron chi connectivity index (χ0n) is 15.9. The van der Waals surface area contributed by atoms with Crippen LogP contribution in [-0.4, -0.2) is 25.7 Å². The summed E-state index contributed by atoms with van der Waals surface area (Å²) in [5.74, 6) is 1.58. The number of H-pyrrole nitrogens is 1. The van der Waals surface area contributed by atoms with Gasteiger partial charge in [0.15, 0.2) is 0 Å². The van der Waals surface area contributed by atoms with Gasteiger partial charge in [0.25, 0.3) is 0 Å². The summed E-state index contributed by atoms with van der Waals surface area (Å²) < 4.78 is 10.9. The third kappa shape index (κ3) is 3.70. The van der Waals surface area contributed by atoms with E-state index in [1.165, 1.54) is 22.0 Å². The van der Waals surface area contributed by atoms with Crippen molar-refractivity contribution >= 4 is 10.9 Å². The molecule has 0 spiro atoms. The predicted molar refractivity (Wildman–Crippen MR) is 108 cm³/mol. The van der Waals surface area contributed by atoms with Crippen molar-refractivity contribution in [3.8, 4) is 22.8 Å². The van der Waals surface area contributed by atoms with Gasteiger partial charge in [-0.1, -0.05) is 13.0 Å². The topological polar surface area (TPSA) is 60.3 Å². The first-order chi connectivity index (χ1) is 12.7. The number of aromatic amines is 1. The number of fused-ring (bicyclic) bond motifs is 1. The van der Waals surface area contributed by atoms with E-state index < -0.39 is 0 Å². The number of aryl methyl sites for hydroxylation is 2. The molecule has 0 amide bonds. The average Bonchev–Trinajstić information content (AvgIpc) is 3.05. The van der Waals surface area contributed by atoms with E-state index >= 15 is 0 Å². The van der Waals surface area contributed by atoms with Gasteiger partial charge < -0.3 is 20.2 Å². The van der Waals surface area contributed by atoms with Crippen LogP contribution in [0, 0.1) is 0 Å². The Morgan fingerprint density at radius 1 is 0.962 bits per heavy atom. The normalized spacial score (nSPS) is 11.1. The van der Waals surface area contributed by atoms with Gasteiger partial charge in [0.05, 0.1) is 14.2 Å². The first-order valence-electron chi connectivity index (χ1n) is 9.27. The predicted octanol–water partition coefficient (Wildman–Crippen LogP) is 4.70. The van der Waals surface area contributed by atoms with E-state index in [0.29, 0.717) is 0 Å². The molecule has 0 aliphatic heterocycles. The maximum atomic E-state index is 5.71. The van der Waals surface area contributed by atoms with E-state index in [2.05, 4.69) is 42.2 Å². The van der Waals surface area contributed by atoms with Crippen molar-refractivity contribution in [1.82, 2.24) is 4.98 Å². The maximum absolute atomic E-state index is 5.71. The number of hydrogen-bond donors (Lipinski definition) is 2. The van der Waals surface area contributed by atoms with E-state index in [9.17, 15) is 0 Å². The number of nitrogens with two attached hydrogens (primary N) is 1. The largest absolute Gasteiger partial charge is 0.497 e.